The minimum absolute atomic E-state index is 0.0396. The Bertz CT molecular complexity index is 395. The van der Waals surface area contributed by atoms with Gasteiger partial charge in [-0.15, -0.1) is 0 Å². The van der Waals surface area contributed by atoms with Gasteiger partial charge in [0.05, 0.1) is 12.1 Å². The third-order valence-electron chi connectivity index (χ3n) is 2.07. The van der Waals surface area contributed by atoms with Crippen molar-refractivity contribution in [2.24, 2.45) is 5.73 Å². The van der Waals surface area contributed by atoms with E-state index in [1.807, 2.05) is 0 Å². The van der Waals surface area contributed by atoms with E-state index in [-0.39, 0.29) is 18.2 Å². The predicted molar refractivity (Wildman–Crippen MR) is 58.4 cm³/mol. The van der Waals surface area contributed by atoms with Crippen LogP contribution in [0.4, 0.5) is 0 Å². The summed E-state index contributed by atoms with van der Waals surface area (Å²) in [5.41, 5.74) is 6.50. The molecule has 0 bridgehead atoms. The number of hydrogen-bond acceptors (Lipinski definition) is 4. The second kappa shape index (κ2) is 5.73. The van der Waals surface area contributed by atoms with Crippen molar-refractivity contribution in [1.82, 2.24) is 5.32 Å². The lowest BCUT2D eigenvalue weighted by Crippen LogP contribution is -2.42. The molecular weight excluding hydrogens is 206 g/mol. The quantitative estimate of drug-likeness (QED) is 0.616. The summed E-state index contributed by atoms with van der Waals surface area (Å²) < 4.78 is 0. The molecule has 5 heteroatoms. The van der Waals surface area contributed by atoms with Crippen molar-refractivity contribution < 1.29 is 9.90 Å². The van der Waals surface area contributed by atoms with E-state index in [9.17, 15) is 4.79 Å². The molecular formula is C11H13N3O2. The molecule has 0 radical (unpaired) electrons. The van der Waals surface area contributed by atoms with Crippen LogP contribution in [0, 0.1) is 11.3 Å². The molecule has 0 saturated heterocycles. The summed E-state index contributed by atoms with van der Waals surface area (Å²) >= 11 is 0. The van der Waals surface area contributed by atoms with E-state index >= 15 is 0 Å². The van der Waals surface area contributed by atoms with Crippen molar-refractivity contribution in [3.63, 3.8) is 0 Å². The fourth-order valence-corrected chi connectivity index (χ4v) is 1.24. The molecule has 1 aromatic carbocycles. The lowest BCUT2D eigenvalue weighted by molar-refractivity contribution is -0.122. The molecule has 0 aliphatic carbocycles. The van der Waals surface area contributed by atoms with E-state index < -0.39 is 6.04 Å². The topological polar surface area (TPSA) is 99.1 Å². The Morgan fingerprint density at radius 2 is 2.12 bits per heavy atom. The summed E-state index contributed by atoms with van der Waals surface area (Å²) in [7, 11) is 0. The SMILES string of the molecule is N#CCNC(=O)C(N)Cc1ccc(O)cc1. The van der Waals surface area contributed by atoms with Gasteiger partial charge in [-0.2, -0.15) is 5.26 Å². The van der Waals surface area contributed by atoms with Gasteiger partial charge in [0, 0.05) is 0 Å². The van der Waals surface area contributed by atoms with Crippen LogP contribution in [-0.4, -0.2) is 23.6 Å². The Hall–Kier alpha value is -2.06. The van der Waals surface area contributed by atoms with Crippen LogP contribution in [-0.2, 0) is 11.2 Å². The molecule has 0 fully saturated rings. The minimum Gasteiger partial charge on any atom is -0.508 e. The zero-order valence-electron chi connectivity index (χ0n) is 8.68. The number of nitrogens with two attached hydrogens (primary N) is 1. The maximum absolute atomic E-state index is 11.3. The van der Waals surface area contributed by atoms with E-state index in [1.165, 1.54) is 12.1 Å². The first-order valence-corrected chi connectivity index (χ1v) is 4.81. The largest absolute Gasteiger partial charge is 0.508 e. The van der Waals surface area contributed by atoms with Gasteiger partial charge in [-0.05, 0) is 24.1 Å². The van der Waals surface area contributed by atoms with Crippen LogP contribution in [0.5, 0.6) is 5.75 Å². The van der Waals surface area contributed by atoms with E-state index in [1.54, 1.807) is 18.2 Å². The maximum Gasteiger partial charge on any atom is 0.238 e. The highest BCUT2D eigenvalue weighted by atomic mass is 16.3. The second-order valence-corrected chi connectivity index (χ2v) is 3.35. The van der Waals surface area contributed by atoms with Crippen LogP contribution < -0.4 is 11.1 Å². The first-order valence-electron chi connectivity index (χ1n) is 4.81. The predicted octanol–water partition coefficient (Wildman–Crippen LogP) is -0.0982. The number of phenolic OH excluding ortho intramolecular Hbond substituents is 1. The molecule has 0 saturated carbocycles. The summed E-state index contributed by atoms with van der Waals surface area (Å²) in [5.74, 6) is -0.180. The van der Waals surface area contributed by atoms with Gasteiger partial charge in [-0.3, -0.25) is 4.79 Å². The van der Waals surface area contributed by atoms with Crippen LogP contribution in [0.2, 0.25) is 0 Å². The van der Waals surface area contributed by atoms with Gasteiger partial charge >= 0.3 is 0 Å². The van der Waals surface area contributed by atoms with Crippen LogP contribution in [0.1, 0.15) is 5.56 Å². The Morgan fingerprint density at radius 1 is 1.50 bits per heavy atom. The zero-order valence-corrected chi connectivity index (χ0v) is 8.68. The average molecular weight is 219 g/mol. The number of nitrogens with one attached hydrogen (secondary N) is 1. The molecule has 0 heterocycles. The highest BCUT2D eigenvalue weighted by molar-refractivity contribution is 5.81. The van der Waals surface area contributed by atoms with Gasteiger partial charge in [0.1, 0.15) is 12.3 Å². The number of rotatable bonds is 4. The second-order valence-electron chi connectivity index (χ2n) is 3.35. The number of nitriles is 1. The molecule has 1 unspecified atom stereocenters. The van der Waals surface area contributed by atoms with E-state index in [0.717, 1.165) is 5.56 Å². The molecule has 0 aliphatic heterocycles. The first kappa shape index (κ1) is 12.0. The minimum atomic E-state index is -0.683. The zero-order chi connectivity index (χ0) is 12.0. The molecule has 16 heavy (non-hydrogen) atoms. The van der Waals surface area contributed by atoms with Crippen molar-refractivity contribution in [1.29, 1.82) is 5.26 Å². The monoisotopic (exact) mass is 219 g/mol. The number of nitrogens with zero attached hydrogens (tertiary/aromatic N) is 1. The molecule has 0 aromatic heterocycles. The Labute approximate surface area is 93.5 Å². The number of amides is 1. The van der Waals surface area contributed by atoms with E-state index in [2.05, 4.69) is 5.32 Å². The molecule has 0 aliphatic rings. The van der Waals surface area contributed by atoms with Gasteiger partial charge in [0.15, 0.2) is 0 Å². The van der Waals surface area contributed by atoms with Gasteiger partial charge in [0.25, 0.3) is 0 Å². The lowest BCUT2D eigenvalue weighted by atomic mass is 10.1. The van der Waals surface area contributed by atoms with Crippen LogP contribution in [0.3, 0.4) is 0 Å². The average Bonchev–Trinajstić information content (AvgIpc) is 2.29. The summed E-state index contributed by atoms with van der Waals surface area (Å²) in [4.78, 5) is 11.3. The number of benzene rings is 1. The van der Waals surface area contributed by atoms with E-state index in [4.69, 9.17) is 16.1 Å². The third kappa shape index (κ3) is 3.59. The summed E-state index contributed by atoms with van der Waals surface area (Å²) in [6.45, 7) is -0.0396. The first-order chi connectivity index (χ1) is 7.63. The highest BCUT2D eigenvalue weighted by Gasteiger charge is 2.13. The van der Waals surface area contributed by atoms with Crippen molar-refractivity contribution in [3.05, 3.63) is 29.8 Å². The van der Waals surface area contributed by atoms with Gasteiger partial charge in [-0.1, -0.05) is 12.1 Å². The number of phenols is 1. The number of hydrogen-bond donors (Lipinski definition) is 3. The normalized spacial score (nSPS) is 11.5. The molecule has 84 valence electrons. The maximum atomic E-state index is 11.3. The van der Waals surface area contributed by atoms with Crippen LogP contribution in [0.15, 0.2) is 24.3 Å². The summed E-state index contributed by atoms with van der Waals surface area (Å²) in [6, 6.07) is 7.60. The van der Waals surface area contributed by atoms with Gasteiger partial charge < -0.3 is 16.2 Å². The molecule has 0 spiro atoms. The van der Waals surface area contributed by atoms with Crippen molar-refractivity contribution >= 4 is 5.91 Å². The Morgan fingerprint density at radius 3 is 2.69 bits per heavy atom. The van der Waals surface area contributed by atoms with Crippen molar-refractivity contribution in [2.45, 2.75) is 12.5 Å². The van der Waals surface area contributed by atoms with Gasteiger partial charge in [-0.25, -0.2) is 0 Å². The van der Waals surface area contributed by atoms with Crippen LogP contribution in [0.25, 0.3) is 0 Å². The van der Waals surface area contributed by atoms with Gasteiger partial charge in [0.2, 0.25) is 5.91 Å². The van der Waals surface area contributed by atoms with E-state index in [0.29, 0.717) is 6.42 Å². The number of aromatic hydroxyl groups is 1. The standard InChI is InChI=1S/C11H13N3O2/c12-5-6-14-11(16)10(13)7-8-1-3-9(15)4-2-8/h1-4,10,15H,6-7,13H2,(H,14,16). The van der Waals surface area contributed by atoms with Crippen LogP contribution >= 0.6 is 0 Å². The van der Waals surface area contributed by atoms with Crippen molar-refractivity contribution in [2.75, 3.05) is 6.54 Å². The molecule has 5 nitrogen and oxygen atoms in total. The molecule has 1 aromatic rings. The summed E-state index contributed by atoms with van der Waals surface area (Å²) in [5, 5.41) is 19.7. The highest BCUT2D eigenvalue weighted by Crippen LogP contribution is 2.10. The van der Waals surface area contributed by atoms with Crippen molar-refractivity contribution in [3.8, 4) is 11.8 Å². The Kier molecular flexibility index (Phi) is 4.30. The molecule has 1 rings (SSSR count). The molecule has 1 atom stereocenters. The fourth-order valence-electron chi connectivity index (χ4n) is 1.24. The molecule has 1 amide bonds. The summed E-state index contributed by atoms with van der Waals surface area (Å²) in [6.07, 6.45) is 0.373. The number of carbonyl (C=O) groups is 1. The smallest absolute Gasteiger partial charge is 0.238 e. The lowest BCUT2D eigenvalue weighted by Gasteiger charge is -2.10. The third-order valence-corrected chi connectivity index (χ3v) is 2.07. The Balaban J connectivity index is 2.51. The molecule has 4 N–H and O–H groups in total. The number of carbonyl (C=O) groups excluding carboxylic acids is 1. The fraction of sp³-hybridized carbons (Fsp3) is 0.273.